The first-order chi connectivity index (χ1) is 12.2. The molecule has 0 spiro atoms. The molecule has 0 saturated heterocycles. The third-order valence-corrected chi connectivity index (χ3v) is 6.67. The van der Waals surface area contributed by atoms with Crippen LogP contribution in [-0.2, 0) is 30.4 Å². The highest BCUT2D eigenvalue weighted by Gasteiger charge is 2.16. The van der Waals surface area contributed by atoms with Crippen molar-refractivity contribution in [3.8, 4) is 0 Å². The van der Waals surface area contributed by atoms with Crippen LogP contribution >= 0.6 is 26.6 Å². The fraction of sp³-hybridized carbons (Fsp3) is 0.250. The van der Waals surface area contributed by atoms with Gasteiger partial charge in [-0.2, -0.15) is 0 Å². The molecule has 0 fully saturated rings. The number of hydrogen-bond donors (Lipinski definition) is 1. The lowest BCUT2D eigenvalue weighted by molar-refractivity contribution is 0.122. The summed E-state index contributed by atoms with van der Waals surface area (Å²) < 4.78 is 55.0. The van der Waals surface area contributed by atoms with Gasteiger partial charge in [0, 0.05) is 21.8 Å². The molecule has 2 aromatic carbocycles. The van der Waals surface area contributed by atoms with Crippen molar-refractivity contribution in [2.75, 3.05) is 17.1 Å². The second-order valence-corrected chi connectivity index (χ2v) is 10.7. The van der Waals surface area contributed by atoms with Crippen LogP contribution in [0.15, 0.2) is 57.9 Å². The van der Waals surface area contributed by atoms with E-state index in [0.29, 0.717) is 19.6 Å². The van der Waals surface area contributed by atoms with Gasteiger partial charge >= 0.3 is 0 Å². The Morgan fingerprint density at radius 1 is 1.04 bits per heavy atom. The van der Waals surface area contributed by atoms with Gasteiger partial charge in [-0.25, -0.2) is 16.8 Å². The topological polar surface area (TPSA) is 89.5 Å². The molecule has 2 aromatic rings. The number of halogens is 2. The van der Waals surface area contributed by atoms with E-state index in [1.165, 1.54) is 18.2 Å². The Labute approximate surface area is 166 Å². The van der Waals surface area contributed by atoms with Gasteiger partial charge in [0.2, 0.25) is 10.0 Å². The van der Waals surface area contributed by atoms with Gasteiger partial charge in [0.05, 0.1) is 22.9 Å². The molecule has 0 aliphatic heterocycles. The zero-order chi connectivity index (χ0) is 19.2. The molecule has 0 aliphatic rings. The molecule has 6 nitrogen and oxygen atoms in total. The van der Waals surface area contributed by atoms with Crippen LogP contribution in [0.5, 0.6) is 0 Å². The van der Waals surface area contributed by atoms with Crippen molar-refractivity contribution in [3.63, 3.8) is 0 Å². The van der Waals surface area contributed by atoms with E-state index >= 15 is 0 Å². The molecule has 10 heteroatoms. The Hall–Kier alpha value is -1.13. The average Bonchev–Trinajstić information content (AvgIpc) is 2.56. The summed E-state index contributed by atoms with van der Waals surface area (Å²) in [7, 11) is -2.22. The molecular formula is C16H17BrClNO5S2. The first kappa shape index (κ1) is 21.2. The third-order valence-electron chi connectivity index (χ3n) is 3.30. The second kappa shape index (κ2) is 9.18. The number of nitrogens with one attached hydrogen (secondary N) is 1. The number of benzene rings is 2. The molecule has 0 aliphatic carbocycles. The molecule has 0 atom stereocenters. The van der Waals surface area contributed by atoms with Gasteiger partial charge in [-0.1, -0.05) is 30.3 Å². The van der Waals surface area contributed by atoms with Crippen LogP contribution in [0.4, 0.5) is 5.69 Å². The summed E-state index contributed by atoms with van der Waals surface area (Å²) >= 11 is 3.14. The fourth-order valence-corrected chi connectivity index (χ4v) is 4.71. The molecule has 0 bridgehead atoms. The van der Waals surface area contributed by atoms with E-state index in [2.05, 4.69) is 20.7 Å². The van der Waals surface area contributed by atoms with E-state index in [4.69, 9.17) is 15.4 Å². The van der Waals surface area contributed by atoms with Gasteiger partial charge in [-0.3, -0.25) is 4.72 Å². The lowest BCUT2D eigenvalue weighted by Crippen LogP contribution is -2.18. The van der Waals surface area contributed by atoms with Crippen molar-refractivity contribution in [2.24, 2.45) is 0 Å². The standard InChI is InChI=1S/C16H17BrClNO5S2/c17-15-11-14(26(18,22)23)7-8-16(15)19-25(20,21)10-4-9-24-12-13-5-2-1-3-6-13/h1-3,5-8,11,19H,4,9-10,12H2. The van der Waals surface area contributed by atoms with Crippen LogP contribution in [0, 0.1) is 0 Å². The summed E-state index contributed by atoms with van der Waals surface area (Å²) in [5, 5.41) is 0. The highest BCUT2D eigenvalue weighted by Crippen LogP contribution is 2.28. The highest BCUT2D eigenvalue weighted by molar-refractivity contribution is 9.10. The van der Waals surface area contributed by atoms with Crippen molar-refractivity contribution in [1.29, 1.82) is 0 Å². The maximum absolute atomic E-state index is 12.1. The predicted molar refractivity (Wildman–Crippen MR) is 105 cm³/mol. The molecular weight excluding hydrogens is 466 g/mol. The second-order valence-electron chi connectivity index (χ2n) is 5.39. The minimum atomic E-state index is -3.88. The van der Waals surface area contributed by atoms with Gasteiger partial charge in [-0.05, 0) is 46.1 Å². The van der Waals surface area contributed by atoms with Crippen LogP contribution in [-0.4, -0.2) is 29.2 Å². The molecule has 142 valence electrons. The first-order valence-electron chi connectivity index (χ1n) is 7.54. The van der Waals surface area contributed by atoms with Crippen LogP contribution in [0.2, 0.25) is 0 Å². The summed E-state index contributed by atoms with van der Waals surface area (Å²) in [5.74, 6) is -0.121. The quantitative estimate of drug-likeness (QED) is 0.434. The zero-order valence-electron chi connectivity index (χ0n) is 13.6. The maximum Gasteiger partial charge on any atom is 0.261 e. The monoisotopic (exact) mass is 481 g/mol. The predicted octanol–water partition coefficient (Wildman–Crippen LogP) is 3.73. The Morgan fingerprint density at radius 3 is 2.35 bits per heavy atom. The normalized spacial score (nSPS) is 12.1. The number of sulfonamides is 1. The molecule has 0 saturated carbocycles. The highest BCUT2D eigenvalue weighted by atomic mass is 79.9. The molecule has 0 unspecified atom stereocenters. The average molecular weight is 483 g/mol. The van der Waals surface area contributed by atoms with Crippen LogP contribution in [0.25, 0.3) is 0 Å². The van der Waals surface area contributed by atoms with E-state index in [-0.39, 0.29) is 20.8 Å². The van der Waals surface area contributed by atoms with E-state index in [9.17, 15) is 16.8 Å². The van der Waals surface area contributed by atoms with E-state index in [1.54, 1.807) is 0 Å². The largest absolute Gasteiger partial charge is 0.377 e. The number of rotatable bonds is 9. The van der Waals surface area contributed by atoms with E-state index in [1.807, 2.05) is 30.3 Å². The fourth-order valence-electron chi connectivity index (χ4n) is 2.06. The minimum Gasteiger partial charge on any atom is -0.377 e. The lowest BCUT2D eigenvalue weighted by Gasteiger charge is -2.10. The number of anilines is 1. The smallest absolute Gasteiger partial charge is 0.261 e. The Bertz CT molecular complexity index is 950. The van der Waals surface area contributed by atoms with Gasteiger partial charge in [0.1, 0.15) is 0 Å². The van der Waals surface area contributed by atoms with Crippen molar-refractivity contribution >= 4 is 51.4 Å². The van der Waals surface area contributed by atoms with Crippen LogP contribution in [0.1, 0.15) is 12.0 Å². The van der Waals surface area contributed by atoms with Gasteiger partial charge in [-0.15, -0.1) is 0 Å². The molecule has 0 radical (unpaired) electrons. The lowest BCUT2D eigenvalue weighted by atomic mass is 10.2. The molecule has 2 rings (SSSR count). The van der Waals surface area contributed by atoms with Gasteiger partial charge in [0.15, 0.2) is 0 Å². The molecule has 1 N–H and O–H groups in total. The van der Waals surface area contributed by atoms with E-state index in [0.717, 1.165) is 5.56 Å². The van der Waals surface area contributed by atoms with Crippen LogP contribution in [0.3, 0.4) is 0 Å². The van der Waals surface area contributed by atoms with Crippen molar-refractivity contribution in [3.05, 3.63) is 58.6 Å². The summed E-state index contributed by atoms with van der Waals surface area (Å²) in [5.41, 5.74) is 1.26. The molecule has 0 amide bonds. The number of hydrogen-bond acceptors (Lipinski definition) is 5. The summed E-state index contributed by atoms with van der Waals surface area (Å²) in [4.78, 5) is -0.122. The Kier molecular flexibility index (Phi) is 7.48. The minimum absolute atomic E-state index is 0.121. The SMILES string of the molecule is O=S(=O)(CCCOCc1ccccc1)Nc1ccc(S(=O)(=O)Cl)cc1Br. The summed E-state index contributed by atoms with van der Waals surface area (Å²) in [6.07, 6.45) is 0.327. The van der Waals surface area contributed by atoms with E-state index < -0.39 is 19.1 Å². The summed E-state index contributed by atoms with van der Waals surface area (Å²) in [6, 6.07) is 13.4. The number of ether oxygens (including phenoxy) is 1. The first-order valence-corrected chi connectivity index (χ1v) is 12.3. The third kappa shape index (κ3) is 6.88. The van der Waals surface area contributed by atoms with Crippen molar-refractivity contribution < 1.29 is 21.6 Å². The van der Waals surface area contributed by atoms with Crippen molar-refractivity contribution in [1.82, 2.24) is 0 Å². The van der Waals surface area contributed by atoms with Gasteiger partial charge in [0.25, 0.3) is 9.05 Å². The van der Waals surface area contributed by atoms with Crippen molar-refractivity contribution in [2.45, 2.75) is 17.9 Å². The molecule has 0 heterocycles. The Morgan fingerprint density at radius 2 is 1.73 bits per heavy atom. The van der Waals surface area contributed by atoms with Crippen LogP contribution < -0.4 is 4.72 Å². The summed E-state index contributed by atoms with van der Waals surface area (Å²) in [6.45, 7) is 0.731. The molecule has 0 aromatic heterocycles. The maximum atomic E-state index is 12.1. The molecule has 26 heavy (non-hydrogen) atoms. The zero-order valence-corrected chi connectivity index (χ0v) is 17.5. The van der Waals surface area contributed by atoms with Gasteiger partial charge < -0.3 is 4.74 Å². The Balaban J connectivity index is 1.85.